The highest BCUT2D eigenvalue weighted by Crippen LogP contribution is 2.42. The van der Waals surface area contributed by atoms with Crippen LogP contribution in [0.15, 0.2) is 41.8 Å². The van der Waals surface area contributed by atoms with Crippen molar-refractivity contribution in [3.05, 3.63) is 41.8 Å². The molecule has 0 fully saturated rings. The van der Waals surface area contributed by atoms with Gasteiger partial charge in [0.2, 0.25) is 5.91 Å². The van der Waals surface area contributed by atoms with Crippen LogP contribution >= 0.6 is 0 Å². The molecule has 1 aromatic rings. The topological polar surface area (TPSA) is 49.8 Å². The maximum absolute atomic E-state index is 11.8. The molecule has 2 aliphatic rings. The summed E-state index contributed by atoms with van der Waals surface area (Å²) in [6.45, 7) is 1.52. The van der Waals surface area contributed by atoms with E-state index >= 15 is 0 Å². The lowest BCUT2D eigenvalue weighted by atomic mass is 10.1. The minimum atomic E-state index is -0.0655. The fourth-order valence-electron chi connectivity index (χ4n) is 2.30. The number of rotatable bonds is 0. The van der Waals surface area contributed by atoms with E-state index in [1.165, 1.54) is 13.0 Å². The zero-order valence-corrected chi connectivity index (χ0v) is 10.0. The highest BCUT2D eigenvalue weighted by atomic mass is 16.5. The molecule has 1 N–H and O–H groups in total. The van der Waals surface area contributed by atoms with Crippen LogP contribution in [0.3, 0.4) is 0 Å². The van der Waals surface area contributed by atoms with Gasteiger partial charge in [-0.3, -0.25) is 9.69 Å². The van der Waals surface area contributed by atoms with Gasteiger partial charge in [0.15, 0.2) is 5.75 Å². The molecule has 92 valence electrons. The summed E-state index contributed by atoms with van der Waals surface area (Å²) >= 11 is 0. The molecule has 1 aliphatic heterocycles. The average molecular weight is 243 g/mol. The Morgan fingerprint density at radius 1 is 1.44 bits per heavy atom. The van der Waals surface area contributed by atoms with E-state index in [1.807, 2.05) is 12.2 Å². The molecule has 1 amide bonds. The van der Waals surface area contributed by atoms with Gasteiger partial charge in [-0.2, -0.15) is 0 Å². The number of aromatic hydroxyl groups is 1. The second-order valence-electron chi connectivity index (χ2n) is 4.36. The number of allylic oxidation sites excluding steroid dienone is 3. The van der Waals surface area contributed by atoms with E-state index in [2.05, 4.69) is 0 Å². The first kappa shape index (κ1) is 10.9. The van der Waals surface area contributed by atoms with E-state index in [0.29, 0.717) is 11.4 Å². The second-order valence-corrected chi connectivity index (χ2v) is 4.36. The summed E-state index contributed by atoms with van der Waals surface area (Å²) in [4.78, 5) is 13.5. The van der Waals surface area contributed by atoms with Crippen molar-refractivity contribution in [1.82, 2.24) is 0 Å². The van der Waals surface area contributed by atoms with Crippen LogP contribution in [-0.2, 0) is 4.79 Å². The van der Waals surface area contributed by atoms with Crippen LogP contribution in [0, 0.1) is 0 Å². The predicted octanol–water partition coefficient (Wildman–Crippen LogP) is 2.70. The van der Waals surface area contributed by atoms with Gasteiger partial charge in [0, 0.05) is 19.4 Å². The van der Waals surface area contributed by atoms with Gasteiger partial charge in [-0.05, 0) is 24.6 Å². The number of hydrogen-bond acceptors (Lipinski definition) is 3. The van der Waals surface area contributed by atoms with Crippen molar-refractivity contribution in [2.45, 2.75) is 19.8 Å². The number of ether oxygens (including phenoxy) is 1. The van der Waals surface area contributed by atoms with Crippen molar-refractivity contribution in [1.29, 1.82) is 0 Å². The standard InChI is InChI=1S/C14H13NO3/c1-9(16)15-11-4-2-3-5-13(11)18-14-8-10(17)6-7-12(14)15/h2,4,6-8,17H,3,5H2,1H3. The van der Waals surface area contributed by atoms with Crippen LogP contribution < -0.4 is 9.64 Å². The van der Waals surface area contributed by atoms with Gasteiger partial charge in [0.1, 0.15) is 11.5 Å². The number of carbonyl (C=O) groups excluding carboxylic acids is 1. The highest BCUT2D eigenvalue weighted by molar-refractivity contribution is 5.98. The molecule has 0 radical (unpaired) electrons. The predicted molar refractivity (Wildman–Crippen MR) is 67.3 cm³/mol. The van der Waals surface area contributed by atoms with Crippen molar-refractivity contribution < 1.29 is 14.6 Å². The van der Waals surface area contributed by atoms with Gasteiger partial charge in [-0.15, -0.1) is 0 Å². The number of carbonyl (C=O) groups is 1. The monoisotopic (exact) mass is 243 g/mol. The van der Waals surface area contributed by atoms with E-state index in [9.17, 15) is 9.90 Å². The third-order valence-electron chi connectivity index (χ3n) is 3.07. The second kappa shape index (κ2) is 3.91. The highest BCUT2D eigenvalue weighted by Gasteiger charge is 2.29. The fraction of sp³-hybridized carbons (Fsp3) is 0.214. The Kier molecular flexibility index (Phi) is 2.37. The van der Waals surface area contributed by atoms with Crippen molar-refractivity contribution in [2.24, 2.45) is 0 Å². The molecule has 0 unspecified atom stereocenters. The zero-order chi connectivity index (χ0) is 12.7. The molecule has 1 heterocycles. The number of nitrogens with zero attached hydrogens (tertiary/aromatic N) is 1. The maximum Gasteiger partial charge on any atom is 0.228 e. The van der Waals surface area contributed by atoms with Crippen LogP contribution in [-0.4, -0.2) is 11.0 Å². The molecule has 4 nitrogen and oxygen atoms in total. The smallest absolute Gasteiger partial charge is 0.228 e. The molecule has 0 spiro atoms. The van der Waals surface area contributed by atoms with Gasteiger partial charge >= 0.3 is 0 Å². The summed E-state index contributed by atoms with van der Waals surface area (Å²) in [6, 6.07) is 4.78. The van der Waals surface area contributed by atoms with Gasteiger partial charge in [-0.1, -0.05) is 6.08 Å². The Morgan fingerprint density at radius 3 is 3.06 bits per heavy atom. The van der Waals surface area contributed by atoms with E-state index in [-0.39, 0.29) is 11.7 Å². The van der Waals surface area contributed by atoms with Gasteiger partial charge in [-0.25, -0.2) is 0 Å². The van der Waals surface area contributed by atoms with Crippen LogP contribution in [0.1, 0.15) is 19.8 Å². The number of hydrogen-bond donors (Lipinski definition) is 1. The molecular formula is C14H13NO3. The number of amides is 1. The molecule has 0 saturated heterocycles. The summed E-state index contributed by atoms with van der Waals surface area (Å²) < 4.78 is 5.77. The first-order chi connectivity index (χ1) is 8.66. The van der Waals surface area contributed by atoms with Crippen molar-refractivity contribution in [3.63, 3.8) is 0 Å². The van der Waals surface area contributed by atoms with Crippen LogP contribution in [0.2, 0.25) is 0 Å². The largest absolute Gasteiger partial charge is 0.508 e. The molecule has 0 atom stereocenters. The minimum absolute atomic E-state index is 0.0655. The van der Waals surface area contributed by atoms with Gasteiger partial charge < -0.3 is 9.84 Å². The number of anilines is 1. The Morgan fingerprint density at radius 2 is 2.28 bits per heavy atom. The maximum atomic E-state index is 11.8. The van der Waals surface area contributed by atoms with Gasteiger partial charge in [0.05, 0.1) is 11.4 Å². The molecule has 18 heavy (non-hydrogen) atoms. The summed E-state index contributed by atoms with van der Waals surface area (Å²) in [5.41, 5.74) is 1.47. The summed E-state index contributed by atoms with van der Waals surface area (Å²) in [6.07, 6.45) is 5.61. The van der Waals surface area contributed by atoms with Crippen molar-refractivity contribution in [3.8, 4) is 11.5 Å². The van der Waals surface area contributed by atoms with Crippen molar-refractivity contribution in [2.75, 3.05) is 4.90 Å². The molecule has 1 aliphatic carbocycles. The van der Waals surface area contributed by atoms with E-state index < -0.39 is 0 Å². The van der Waals surface area contributed by atoms with Crippen molar-refractivity contribution >= 4 is 11.6 Å². The lowest BCUT2D eigenvalue weighted by molar-refractivity contribution is -0.116. The van der Waals surface area contributed by atoms with Crippen LogP contribution in [0.25, 0.3) is 0 Å². The van der Waals surface area contributed by atoms with Crippen LogP contribution in [0.4, 0.5) is 5.69 Å². The van der Waals surface area contributed by atoms with E-state index in [1.54, 1.807) is 17.0 Å². The molecule has 1 aromatic carbocycles. The third-order valence-corrected chi connectivity index (χ3v) is 3.07. The molecular weight excluding hydrogens is 230 g/mol. The summed E-state index contributed by atoms with van der Waals surface area (Å²) in [5, 5.41) is 9.50. The number of phenolic OH excluding ortho intramolecular Hbond substituents is 1. The SMILES string of the molecule is CC(=O)N1C2=C(CCC=C2)Oc2cc(O)ccc21. The molecule has 0 bridgehead atoms. The Labute approximate surface area is 105 Å². The lowest BCUT2D eigenvalue weighted by Crippen LogP contribution is -2.32. The zero-order valence-electron chi connectivity index (χ0n) is 10.0. The first-order valence-electron chi connectivity index (χ1n) is 5.88. The molecule has 3 rings (SSSR count). The molecule has 0 saturated carbocycles. The number of fused-ring (bicyclic) bond motifs is 1. The quantitative estimate of drug-likeness (QED) is 0.762. The number of benzene rings is 1. The van der Waals surface area contributed by atoms with Crippen LogP contribution in [0.5, 0.6) is 11.5 Å². The molecule has 0 aromatic heterocycles. The minimum Gasteiger partial charge on any atom is -0.508 e. The lowest BCUT2D eigenvalue weighted by Gasteiger charge is -2.32. The number of phenols is 1. The Balaban J connectivity index is 2.17. The average Bonchev–Trinajstić information content (AvgIpc) is 2.35. The van der Waals surface area contributed by atoms with E-state index in [4.69, 9.17) is 4.74 Å². The molecule has 4 heteroatoms. The Hall–Kier alpha value is -2.23. The van der Waals surface area contributed by atoms with E-state index in [0.717, 1.165) is 24.3 Å². The normalized spacial score (nSPS) is 17.1. The third kappa shape index (κ3) is 1.57. The first-order valence-corrected chi connectivity index (χ1v) is 5.88. The summed E-state index contributed by atoms with van der Waals surface area (Å²) in [7, 11) is 0. The van der Waals surface area contributed by atoms with Gasteiger partial charge in [0.25, 0.3) is 0 Å². The Bertz CT molecular complexity index is 587. The summed E-state index contributed by atoms with van der Waals surface area (Å²) in [5.74, 6) is 1.38. The fourth-order valence-corrected chi connectivity index (χ4v) is 2.30.